The van der Waals surface area contributed by atoms with Crippen LogP contribution in [-0.4, -0.2) is 29.0 Å². The molecule has 0 atom stereocenters. The van der Waals surface area contributed by atoms with Gasteiger partial charge in [0.15, 0.2) is 11.5 Å². The van der Waals surface area contributed by atoms with E-state index < -0.39 is 0 Å². The molecule has 0 bridgehead atoms. The van der Waals surface area contributed by atoms with Crippen LogP contribution in [0.1, 0.15) is 35.8 Å². The van der Waals surface area contributed by atoms with Crippen molar-refractivity contribution < 1.29 is 9.21 Å². The Morgan fingerprint density at radius 1 is 0.935 bits per heavy atom. The first kappa shape index (κ1) is 18.2. The van der Waals surface area contributed by atoms with Gasteiger partial charge < -0.3 is 14.6 Å². The lowest BCUT2D eigenvalue weighted by Crippen LogP contribution is -2.40. The number of hydrogen-bond donors (Lipinski definition) is 1. The van der Waals surface area contributed by atoms with E-state index in [1.807, 2.05) is 35.2 Å². The number of aromatic nitrogens is 1. The zero-order valence-electron chi connectivity index (χ0n) is 17.2. The van der Waals surface area contributed by atoms with Crippen molar-refractivity contribution in [2.45, 2.75) is 25.2 Å². The third-order valence-corrected chi connectivity index (χ3v) is 6.49. The van der Waals surface area contributed by atoms with Gasteiger partial charge in [0.1, 0.15) is 5.52 Å². The van der Waals surface area contributed by atoms with Crippen LogP contribution in [0.25, 0.3) is 22.2 Å². The molecule has 1 aliphatic carbocycles. The molecule has 5 heteroatoms. The maximum absolute atomic E-state index is 12.8. The zero-order valence-corrected chi connectivity index (χ0v) is 17.2. The molecule has 4 aromatic rings. The van der Waals surface area contributed by atoms with Gasteiger partial charge in [0.25, 0.3) is 0 Å². The lowest BCUT2D eigenvalue weighted by atomic mass is 9.97. The van der Waals surface area contributed by atoms with E-state index in [1.54, 1.807) is 0 Å². The van der Waals surface area contributed by atoms with E-state index in [-0.39, 0.29) is 11.9 Å². The highest BCUT2D eigenvalue weighted by molar-refractivity contribution is 5.90. The van der Waals surface area contributed by atoms with Crippen molar-refractivity contribution in [1.82, 2.24) is 9.88 Å². The van der Waals surface area contributed by atoms with Gasteiger partial charge in [-0.05, 0) is 65.8 Å². The quantitative estimate of drug-likeness (QED) is 0.400. The molecule has 1 aromatic heterocycles. The molecule has 31 heavy (non-hydrogen) atoms. The maximum Gasteiger partial charge on any atom is 0.321 e. The molecule has 0 spiro atoms. The monoisotopic (exact) mass is 409 g/mol. The molecule has 2 aliphatic rings. The number of carbonyl (C=O) groups excluding carboxylic acids is 1. The first-order valence-corrected chi connectivity index (χ1v) is 10.9. The molecule has 2 amide bonds. The van der Waals surface area contributed by atoms with Crippen molar-refractivity contribution in [2.75, 3.05) is 18.4 Å². The molecule has 1 fully saturated rings. The van der Waals surface area contributed by atoms with E-state index in [9.17, 15) is 4.79 Å². The molecule has 6 rings (SSSR count). The Bertz CT molecular complexity index is 1250. The predicted octanol–water partition coefficient (Wildman–Crippen LogP) is 5.81. The van der Waals surface area contributed by atoms with E-state index in [2.05, 4.69) is 46.7 Å². The standard InChI is InChI=1S/C26H23N3O2/c30-26(27-20-9-10-22-19(16-20)15-18-5-1-2-6-21(18)22)29-13-11-17(12-14-29)25-28-23-7-3-4-8-24(23)31-25/h1-10,16-17H,11-15H2,(H,27,30). The van der Waals surface area contributed by atoms with E-state index in [1.165, 1.54) is 22.3 Å². The number of benzene rings is 3. The van der Waals surface area contributed by atoms with E-state index in [0.717, 1.165) is 41.9 Å². The molecule has 0 saturated carbocycles. The van der Waals surface area contributed by atoms with Crippen LogP contribution in [-0.2, 0) is 6.42 Å². The Hall–Kier alpha value is -3.60. The first-order valence-electron chi connectivity index (χ1n) is 10.9. The Balaban J connectivity index is 1.11. The number of hydrogen-bond acceptors (Lipinski definition) is 3. The Morgan fingerprint density at radius 3 is 2.58 bits per heavy atom. The van der Waals surface area contributed by atoms with Gasteiger partial charge in [0, 0.05) is 24.7 Å². The molecular weight excluding hydrogens is 386 g/mol. The number of fused-ring (bicyclic) bond motifs is 4. The van der Waals surface area contributed by atoms with Crippen LogP contribution in [0.2, 0.25) is 0 Å². The highest BCUT2D eigenvalue weighted by Gasteiger charge is 2.27. The van der Waals surface area contributed by atoms with Gasteiger partial charge >= 0.3 is 6.03 Å². The third-order valence-electron chi connectivity index (χ3n) is 6.49. The van der Waals surface area contributed by atoms with Crippen LogP contribution in [0, 0.1) is 0 Å². The van der Waals surface area contributed by atoms with Gasteiger partial charge in [-0.2, -0.15) is 0 Å². The molecule has 0 unspecified atom stereocenters. The van der Waals surface area contributed by atoms with Crippen LogP contribution in [0.5, 0.6) is 0 Å². The summed E-state index contributed by atoms with van der Waals surface area (Å²) in [7, 11) is 0. The number of carbonyl (C=O) groups is 1. The van der Waals surface area contributed by atoms with Crippen molar-refractivity contribution in [1.29, 1.82) is 0 Å². The molecular formula is C26H23N3O2. The second kappa shape index (κ2) is 7.27. The summed E-state index contributed by atoms with van der Waals surface area (Å²) in [5.74, 6) is 1.05. The molecule has 3 aromatic carbocycles. The molecule has 2 heterocycles. The Labute approximate surface area is 180 Å². The minimum absolute atomic E-state index is 0.0357. The predicted molar refractivity (Wildman–Crippen MR) is 121 cm³/mol. The number of anilines is 1. The zero-order chi connectivity index (χ0) is 20.8. The number of para-hydroxylation sites is 2. The Morgan fingerprint density at radius 2 is 1.71 bits per heavy atom. The fraction of sp³-hybridized carbons (Fsp3) is 0.231. The molecule has 1 aliphatic heterocycles. The normalized spacial score (nSPS) is 15.7. The Kier molecular flexibility index (Phi) is 4.27. The topological polar surface area (TPSA) is 58.4 Å². The summed E-state index contributed by atoms with van der Waals surface area (Å²) in [6.07, 6.45) is 2.64. The summed E-state index contributed by atoms with van der Waals surface area (Å²) in [6.45, 7) is 1.40. The van der Waals surface area contributed by atoms with Crippen LogP contribution >= 0.6 is 0 Å². The average molecular weight is 409 g/mol. The summed E-state index contributed by atoms with van der Waals surface area (Å²) < 4.78 is 5.94. The summed E-state index contributed by atoms with van der Waals surface area (Å²) in [5.41, 5.74) is 7.78. The van der Waals surface area contributed by atoms with Crippen LogP contribution in [0.3, 0.4) is 0 Å². The number of rotatable bonds is 2. The fourth-order valence-electron chi connectivity index (χ4n) is 4.82. The van der Waals surface area contributed by atoms with Gasteiger partial charge in [0.2, 0.25) is 0 Å². The highest BCUT2D eigenvalue weighted by atomic mass is 16.3. The van der Waals surface area contributed by atoms with Gasteiger partial charge in [-0.3, -0.25) is 0 Å². The average Bonchev–Trinajstić information content (AvgIpc) is 3.40. The number of urea groups is 1. The molecule has 5 nitrogen and oxygen atoms in total. The van der Waals surface area contributed by atoms with Crippen molar-refractivity contribution >= 4 is 22.8 Å². The SMILES string of the molecule is O=C(Nc1ccc2c(c1)Cc1ccccc1-2)N1CCC(c2nc3ccccc3o2)CC1. The van der Waals surface area contributed by atoms with Gasteiger partial charge in [-0.15, -0.1) is 0 Å². The second-order valence-corrected chi connectivity index (χ2v) is 8.42. The van der Waals surface area contributed by atoms with Gasteiger partial charge in [0.05, 0.1) is 0 Å². The lowest BCUT2D eigenvalue weighted by Gasteiger charge is -2.30. The second-order valence-electron chi connectivity index (χ2n) is 8.42. The number of nitrogens with zero attached hydrogens (tertiary/aromatic N) is 2. The third kappa shape index (κ3) is 3.26. The van der Waals surface area contributed by atoms with Crippen molar-refractivity contribution in [3.05, 3.63) is 83.7 Å². The molecule has 0 radical (unpaired) electrons. The van der Waals surface area contributed by atoms with Gasteiger partial charge in [-0.1, -0.05) is 42.5 Å². The van der Waals surface area contributed by atoms with Crippen LogP contribution in [0.4, 0.5) is 10.5 Å². The summed E-state index contributed by atoms with van der Waals surface area (Å²) in [6, 6.07) is 22.6. The summed E-state index contributed by atoms with van der Waals surface area (Å²) in [5, 5.41) is 3.09. The van der Waals surface area contributed by atoms with E-state index in [4.69, 9.17) is 4.42 Å². The van der Waals surface area contributed by atoms with Crippen LogP contribution < -0.4 is 5.32 Å². The fourth-order valence-corrected chi connectivity index (χ4v) is 4.82. The first-order chi connectivity index (χ1) is 15.2. The minimum atomic E-state index is -0.0357. The largest absolute Gasteiger partial charge is 0.440 e. The van der Waals surface area contributed by atoms with E-state index >= 15 is 0 Å². The number of piperidine rings is 1. The number of amides is 2. The molecule has 1 saturated heterocycles. The number of oxazole rings is 1. The number of likely N-dealkylation sites (tertiary alicyclic amines) is 1. The maximum atomic E-state index is 12.8. The summed E-state index contributed by atoms with van der Waals surface area (Å²) >= 11 is 0. The van der Waals surface area contributed by atoms with Crippen molar-refractivity contribution in [3.8, 4) is 11.1 Å². The summed E-state index contributed by atoms with van der Waals surface area (Å²) in [4.78, 5) is 19.4. The highest BCUT2D eigenvalue weighted by Crippen LogP contribution is 2.37. The van der Waals surface area contributed by atoms with Crippen molar-refractivity contribution in [2.24, 2.45) is 0 Å². The molecule has 1 N–H and O–H groups in total. The van der Waals surface area contributed by atoms with Crippen molar-refractivity contribution in [3.63, 3.8) is 0 Å². The van der Waals surface area contributed by atoms with Crippen LogP contribution in [0.15, 0.2) is 71.1 Å². The van der Waals surface area contributed by atoms with Gasteiger partial charge in [-0.25, -0.2) is 9.78 Å². The molecule has 154 valence electrons. The number of nitrogens with one attached hydrogen (secondary N) is 1. The smallest absolute Gasteiger partial charge is 0.321 e. The lowest BCUT2D eigenvalue weighted by molar-refractivity contribution is 0.190. The minimum Gasteiger partial charge on any atom is -0.440 e. The van der Waals surface area contributed by atoms with E-state index in [0.29, 0.717) is 13.1 Å².